The maximum atomic E-state index is 12.1. The Bertz CT molecular complexity index is 292. The molecule has 0 bridgehead atoms. The number of hydrogen-bond donors (Lipinski definition) is 1. The molecule has 16 heavy (non-hydrogen) atoms. The molecule has 1 atom stereocenters. The standard InChI is InChI=1S/C12H22N2O2/c1-11(2,3)16-10(15)14-9(8-13)4-5-12(14)6-7-12/h9H,4-8,13H2,1-3H3. The van der Waals surface area contributed by atoms with Crippen molar-refractivity contribution in [3.8, 4) is 0 Å². The molecule has 1 amide bonds. The van der Waals surface area contributed by atoms with Gasteiger partial charge >= 0.3 is 6.09 Å². The summed E-state index contributed by atoms with van der Waals surface area (Å²) < 4.78 is 5.46. The van der Waals surface area contributed by atoms with E-state index >= 15 is 0 Å². The van der Waals surface area contributed by atoms with E-state index in [1.54, 1.807) is 0 Å². The summed E-state index contributed by atoms with van der Waals surface area (Å²) in [6.07, 6.45) is 4.16. The van der Waals surface area contributed by atoms with Gasteiger partial charge in [0.05, 0.1) is 0 Å². The van der Waals surface area contributed by atoms with Crippen LogP contribution in [0, 0.1) is 0 Å². The highest BCUT2D eigenvalue weighted by molar-refractivity contribution is 5.71. The van der Waals surface area contributed by atoms with Crippen molar-refractivity contribution in [2.24, 2.45) is 5.73 Å². The lowest BCUT2D eigenvalue weighted by Crippen LogP contribution is -2.47. The fourth-order valence-electron chi connectivity index (χ4n) is 2.58. The molecule has 0 aromatic rings. The van der Waals surface area contributed by atoms with Crippen molar-refractivity contribution in [2.75, 3.05) is 6.54 Å². The van der Waals surface area contributed by atoms with Crippen molar-refractivity contribution in [1.82, 2.24) is 4.90 Å². The van der Waals surface area contributed by atoms with Crippen LogP contribution >= 0.6 is 0 Å². The Hall–Kier alpha value is -0.770. The second kappa shape index (κ2) is 3.62. The van der Waals surface area contributed by atoms with Crippen LogP contribution in [0.1, 0.15) is 46.5 Å². The zero-order valence-electron chi connectivity index (χ0n) is 10.5. The van der Waals surface area contributed by atoms with Gasteiger partial charge in [-0.25, -0.2) is 4.79 Å². The highest BCUT2D eigenvalue weighted by atomic mass is 16.6. The van der Waals surface area contributed by atoms with Crippen LogP contribution in [0.3, 0.4) is 0 Å². The minimum Gasteiger partial charge on any atom is -0.444 e. The second-order valence-corrected chi connectivity index (χ2v) is 6.00. The number of hydrogen-bond acceptors (Lipinski definition) is 3. The molecule has 0 aromatic heterocycles. The smallest absolute Gasteiger partial charge is 0.411 e. The van der Waals surface area contributed by atoms with Gasteiger partial charge in [-0.1, -0.05) is 0 Å². The molecule has 2 aliphatic rings. The van der Waals surface area contributed by atoms with Gasteiger partial charge in [-0.3, -0.25) is 4.90 Å². The first-order chi connectivity index (χ1) is 7.38. The maximum absolute atomic E-state index is 12.1. The normalized spacial score (nSPS) is 27.2. The first-order valence-corrected chi connectivity index (χ1v) is 6.10. The zero-order chi connectivity index (χ0) is 12.0. The molecule has 92 valence electrons. The zero-order valence-corrected chi connectivity index (χ0v) is 10.5. The molecular formula is C12H22N2O2. The van der Waals surface area contributed by atoms with Crippen molar-refractivity contribution in [3.05, 3.63) is 0 Å². The van der Waals surface area contributed by atoms with Gasteiger partial charge in [0.15, 0.2) is 0 Å². The molecule has 1 saturated carbocycles. The molecule has 1 saturated heterocycles. The topological polar surface area (TPSA) is 55.6 Å². The monoisotopic (exact) mass is 226 g/mol. The van der Waals surface area contributed by atoms with Gasteiger partial charge in [-0.15, -0.1) is 0 Å². The third-order valence-corrected chi connectivity index (χ3v) is 3.51. The number of ether oxygens (including phenoxy) is 1. The summed E-state index contributed by atoms with van der Waals surface area (Å²) in [7, 11) is 0. The van der Waals surface area contributed by atoms with Gasteiger partial charge in [-0.05, 0) is 46.5 Å². The van der Waals surface area contributed by atoms with Crippen LogP contribution < -0.4 is 5.73 Å². The number of amides is 1. The summed E-state index contributed by atoms with van der Waals surface area (Å²) in [5, 5.41) is 0. The lowest BCUT2D eigenvalue weighted by Gasteiger charge is -2.32. The molecule has 1 aliphatic heterocycles. The predicted molar refractivity (Wildman–Crippen MR) is 62.1 cm³/mol. The van der Waals surface area contributed by atoms with Crippen molar-refractivity contribution in [3.63, 3.8) is 0 Å². The third kappa shape index (κ3) is 2.03. The minimum absolute atomic E-state index is 0.104. The van der Waals surface area contributed by atoms with Gasteiger partial charge in [-0.2, -0.15) is 0 Å². The van der Waals surface area contributed by atoms with Gasteiger partial charge in [0.25, 0.3) is 0 Å². The molecule has 4 nitrogen and oxygen atoms in total. The molecule has 2 fully saturated rings. The number of nitrogens with two attached hydrogens (primary N) is 1. The fourth-order valence-corrected chi connectivity index (χ4v) is 2.58. The Morgan fingerprint density at radius 3 is 2.50 bits per heavy atom. The Kier molecular flexibility index (Phi) is 2.65. The number of carbonyl (C=O) groups is 1. The number of rotatable bonds is 1. The van der Waals surface area contributed by atoms with E-state index in [0.717, 1.165) is 25.7 Å². The Labute approximate surface area is 97.1 Å². The molecule has 0 radical (unpaired) electrons. The van der Waals surface area contributed by atoms with Gasteiger partial charge in [0, 0.05) is 18.1 Å². The third-order valence-electron chi connectivity index (χ3n) is 3.51. The van der Waals surface area contributed by atoms with E-state index in [9.17, 15) is 4.79 Å². The molecule has 1 unspecified atom stereocenters. The summed E-state index contributed by atoms with van der Waals surface area (Å²) in [5.74, 6) is 0. The summed E-state index contributed by atoms with van der Waals surface area (Å²) in [6.45, 7) is 6.25. The van der Waals surface area contributed by atoms with Crippen LogP contribution in [0.2, 0.25) is 0 Å². The maximum Gasteiger partial charge on any atom is 0.411 e. The first kappa shape index (κ1) is 11.7. The lowest BCUT2D eigenvalue weighted by atomic mass is 10.2. The van der Waals surface area contributed by atoms with E-state index in [0.29, 0.717) is 6.54 Å². The molecule has 4 heteroatoms. The van der Waals surface area contributed by atoms with Crippen LogP contribution in [-0.4, -0.2) is 34.7 Å². The Morgan fingerprint density at radius 1 is 1.44 bits per heavy atom. The largest absolute Gasteiger partial charge is 0.444 e. The van der Waals surface area contributed by atoms with Crippen LogP contribution in [0.15, 0.2) is 0 Å². The molecule has 1 aliphatic carbocycles. The Morgan fingerprint density at radius 2 is 2.06 bits per heavy atom. The fraction of sp³-hybridized carbons (Fsp3) is 0.917. The van der Waals surface area contributed by atoms with Gasteiger partial charge in [0.1, 0.15) is 5.60 Å². The molecule has 2 N–H and O–H groups in total. The van der Waals surface area contributed by atoms with E-state index in [1.807, 2.05) is 25.7 Å². The minimum atomic E-state index is -0.422. The molecule has 1 spiro atoms. The van der Waals surface area contributed by atoms with Crippen molar-refractivity contribution >= 4 is 6.09 Å². The quantitative estimate of drug-likeness (QED) is 0.742. The molecular weight excluding hydrogens is 204 g/mol. The molecule has 2 rings (SSSR count). The number of carbonyl (C=O) groups excluding carboxylic acids is 1. The Balaban J connectivity index is 2.08. The van der Waals surface area contributed by atoms with Crippen LogP contribution in [0.4, 0.5) is 4.79 Å². The molecule has 0 aromatic carbocycles. The summed E-state index contributed by atoms with van der Waals surface area (Å²) in [6, 6.07) is 0.178. The van der Waals surface area contributed by atoms with E-state index in [2.05, 4.69) is 0 Å². The number of nitrogens with zero attached hydrogens (tertiary/aromatic N) is 1. The van der Waals surface area contributed by atoms with E-state index in [4.69, 9.17) is 10.5 Å². The second-order valence-electron chi connectivity index (χ2n) is 6.00. The van der Waals surface area contributed by atoms with E-state index < -0.39 is 5.60 Å². The average molecular weight is 226 g/mol. The van der Waals surface area contributed by atoms with Crippen LogP contribution in [-0.2, 0) is 4.74 Å². The number of likely N-dealkylation sites (tertiary alicyclic amines) is 1. The van der Waals surface area contributed by atoms with Crippen LogP contribution in [0.5, 0.6) is 0 Å². The van der Waals surface area contributed by atoms with Gasteiger partial charge < -0.3 is 10.5 Å². The van der Waals surface area contributed by atoms with Crippen molar-refractivity contribution in [1.29, 1.82) is 0 Å². The van der Waals surface area contributed by atoms with Crippen molar-refractivity contribution < 1.29 is 9.53 Å². The van der Waals surface area contributed by atoms with Crippen molar-refractivity contribution in [2.45, 2.75) is 63.6 Å². The van der Waals surface area contributed by atoms with Gasteiger partial charge in [0.2, 0.25) is 0 Å². The summed E-state index contributed by atoms with van der Waals surface area (Å²) in [5.41, 5.74) is 5.41. The first-order valence-electron chi connectivity index (χ1n) is 6.10. The predicted octanol–water partition coefficient (Wildman–Crippen LogP) is 1.88. The van der Waals surface area contributed by atoms with E-state index in [-0.39, 0.29) is 17.7 Å². The average Bonchev–Trinajstić information content (AvgIpc) is 2.76. The highest BCUT2D eigenvalue weighted by Crippen LogP contribution is 2.52. The van der Waals surface area contributed by atoms with E-state index in [1.165, 1.54) is 0 Å². The SMILES string of the molecule is CC(C)(C)OC(=O)N1C(CN)CCC12CC2. The summed E-state index contributed by atoms with van der Waals surface area (Å²) >= 11 is 0. The molecule has 1 heterocycles. The lowest BCUT2D eigenvalue weighted by molar-refractivity contribution is 0.0126. The van der Waals surface area contributed by atoms with Crippen LogP contribution in [0.25, 0.3) is 0 Å². The summed E-state index contributed by atoms with van der Waals surface area (Å²) in [4.78, 5) is 14.0. The highest BCUT2D eigenvalue weighted by Gasteiger charge is 2.57.